The van der Waals surface area contributed by atoms with Crippen molar-refractivity contribution in [1.29, 1.82) is 0 Å². The van der Waals surface area contributed by atoms with E-state index in [2.05, 4.69) is 0 Å². The molecular weight excluding hydrogens is 224 g/mol. The van der Waals surface area contributed by atoms with Crippen LogP contribution in [0.4, 0.5) is 0 Å². The molecule has 0 aliphatic carbocycles. The van der Waals surface area contributed by atoms with Gasteiger partial charge in [-0.3, -0.25) is 0 Å². The van der Waals surface area contributed by atoms with Gasteiger partial charge in [0, 0.05) is 20.6 Å². The van der Waals surface area contributed by atoms with Crippen LogP contribution in [0.15, 0.2) is 12.1 Å². The van der Waals surface area contributed by atoms with Crippen LogP contribution in [0.3, 0.4) is 0 Å². The number of rotatable bonds is 8. The van der Waals surface area contributed by atoms with Gasteiger partial charge < -0.3 is 10.2 Å². The summed E-state index contributed by atoms with van der Waals surface area (Å²) in [6, 6.07) is 2.26. The van der Waals surface area contributed by atoms with Gasteiger partial charge in [0.25, 0.3) is 0 Å². The van der Waals surface area contributed by atoms with Crippen molar-refractivity contribution >= 4 is 0 Å². The molecule has 102 valence electrons. The molecule has 0 bridgehead atoms. The summed E-state index contributed by atoms with van der Waals surface area (Å²) in [7, 11) is 0. The maximum Gasteiger partial charge on any atom is 0.122 e. The number of phenols is 2. The number of phenolic OH excluding ortho intramolecular Hbond substituents is 2. The van der Waals surface area contributed by atoms with Crippen LogP contribution < -0.4 is 0 Å². The highest BCUT2D eigenvalue weighted by atomic mass is 16.3. The number of benzene rings is 1. The number of aryl methyl sites for hydroxylation is 1. The van der Waals surface area contributed by atoms with Crippen LogP contribution in [0.25, 0.3) is 0 Å². The van der Waals surface area contributed by atoms with Crippen molar-refractivity contribution in [2.24, 2.45) is 0 Å². The van der Waals surface area contributed by atoms with Crippen LogP contribution >= 0.6 is 0 Å². The molecule has 1 aromatic carbocycles. The predicted molar refractivity (Wildman–Crippen MR) is 76.2 cm³/mol. The van der Waals surface area contributed by atoms with E-state index < -0.39 is 49.4 Å². The molecule has 1 aromatic rings. The Bertz CT molecular complexity index is 703. The minimum atomic E-state index is -3.85. The van der Waals surface area contributed by atoms with Gasteiger partial charge >= 0.3 is 0 Å². The third kappa shape index (κ3) is 4.59. The van der Waals surface area contributed by atoms with E-state index in [0.717, 1.165) is 31.4 Å². The van der Waals surface area contributed by atoms with E-state index >= 15 is 0 Å². The lowest BCUT2D eigenvalue weighted by Crippen LogP contribution is -1.92. The Balaban J connectivity index is 3.50. The highest BCUT2D eigenvalue weighted by Gasteiger charge is 2.09. The van der Waals surface area contributed by atoms with Gasteiger partial charge in [0.2, 0.25) is 0 Å². The Morgan fingerprint density at radius 2 is 1.89 bits per heavy atom. The van der Waals surface area contributed by atoms with Crippen LogP contribution in [0, 0.1) is 0 Å². The summed E-state index contributed by atoms with van der Waals surface area (Å²) >= 11 is 0. The standard InChI is InChI=1S/C16H26O2/c1-3-5-7-9-13-11-15(17)14(16(18)12-13)10-8-6-4-2/h11-12,17-18H,3-10H2,1-2H3/i2D3,4D2,6D2,8D2,10D2. The molecule has 0 aliphatic rings. The smallest absolute Gasteiger partial charge is 0.122 e. The second kappa shape index (κ2) is 8.02. The van der Waals surface area contributed by atoms with Gasteiger partial charge in [-0.2, -0.15) is 0 Å². The number of hydrogen-bond acceptors (Lipinski definition) is 2. The third-order valence-corrected chi connectivity index (χ3v) is 2.54. The zero-order valence-corrected chi connectivity index (χ0v) is 10.4. The molecule has 0 radical (unpaired) electrons. The van der Waals surface area contributed by atoms with Crippen molar-refractivity contribution in [1.82, 2.24) is 0 Å². The Labute approximate surface area is 126 Å². The molecule has 0 aliphatic heterocycles. The average Bonchev–Trinajstić information content (AvgIpc) is 2.52. The van der Waals surface area contributed by atoms with E-state index in [0.29, 0.717) is 12.0 Å². The van der Waals surface area contributed by atoms with Crippen molar-refractivity contribution in [2.45, 2.75) is 65.0 Å². The van der Waals surface area contributed by atoms with Crippen molar-refractivity contribution in [2.75, 3.05) is 0 Å². The fourth-order valence-electron chi connectivity index (χ4n) is 1.64. The van der Waals surface area contributed by atoms with Crippen LogP contribution in [0.2, 0.25) is 0 Å². The highest BCUT2D eigenvalue weighted by molar-refractivity contribution is 5.46. The molecule has 0 saturated heterocycles. The normalized spacial score (nSPS) is 23.7. The van der Waals surface area contributed by atoms with Gasteiger partial charge in [-0.15, -0.1) is 0 Å². The maximum absolute atomic E-state index is 10.3. The number of aromatic hydroxyl groups is 2. The summed E-state index contributed by atoms with van der Waals surface area (Å²) in [5.41, 5.74) is -0.499. The van der Waals surface area contributed by atoms with Crippen LogP contribution in [0.1, 0.15) is 78.4 Å². The van der Waals surface area contributed by atoms with Crippen molar-refractivity contribution in [3.8, 4) is 11.5 Å². The molecule has 2 N–H and O–H groups in total. The minimum absolute atomic E-state index is 0.466. The van der Waals surface area contributed by atoms with Gasteiger partial charge in [0.05, 0.1) is 0 Å². The van der Waals surface area contributed by atoms with E-state index in [9.17, 15) is 10.2 Å². The van der Waals surface area contributed by atoms with E-state index in [1.807, 2.05) is 6.92 Å². The van der Waals surface area contributed by atoms with Gasteiger partial charge in [-0.05, 0) is 43.3 Å². The van der Waals surface area contributed by atoms with Gasteiger partial charge in [-0.25, -0.2) is 0 Å². The molecule has 1 rings (SSSR count). The fourth-order valence-corrected chi connectivity index (χ4v) is 1.64. The molecule has 0 atom stereocenters. The fraction of sp³-hybridized carbons (Fsp3) is 0.625. The highest BCUT2D eigenvalue weighted by Crippen LogP contribution is 2.31. The largest absolute Gasteiger partial charge is 0.508 e. The molecule has 0 heterocycles. The molecule has 0 fully saturated rings. The summed E-state index contributed by atoms with van der Waals surface area (Å²) in [4.78, 5) is 0. The Kier molecular flexibility index (Phi) is 2.42. The van der Waals surface area contributed by atoms with E-state index in [-0.39, 0.29) is 0 Å². The lowest BCUT2D eigenvalue weighted by Gasteiger charge is -2.10. The quantitative estimate of drug-likeness (QED) is 0.673. The summed E-state index contributed by atoms with van der Waals surface area (Å²) in [5.74, 6) is -1.65. The SMILES string of the molecule is [2H]C([2H])([2H])C([2H])([2H])C([2H])([2H])C([2H])([2H])C([2H])([2H])c1c(O)cc(CCCCC)cc1O. The van der Waals surface area contributed by atoms with Crippen molar-refractivity contribution < 1.29 is 25.3 Å². The first-order valence-corrected chi connectivity index (χ1v) is 5.91. The van der Waals surface area contributed by atoms with Crippen molar-refractivity contribution in [3.63, 3.8) is 0 Å². The zero-order valence-electron chi connectivity index (χ0n) is 21.4. The molecule has 0 spiro atoms. The first-order valence-electron chi connectivity index (χ1n) is 11.4. The van der Waals surface area contributed by atoms with E-state index in [1.165, 1.54) is 0 Å². The van der Waals surface area contributed by atoms with Crippen LogP contribution in [-0.4, -0.2) is 10.2 Å². The summed E-state index contributed by atoms with van der Waals surface area (Å²) in [6.45, 7) is -1.60. The Morgan fingerprint density at radius 1 is 1.17 bits per heavy atom. The second-order valence-electron chi connectivity index (χ2n) is 3.97. The monoisotopic (exact) mass is 261 g/mol. The molecule has 2 nitrogen and oxygen atoms in total. The lowest BCUT2D eigenvalue weighted by molar-refractivity contribution is 0.434. The Hall–Kier alpha value is -1.18. The molecule has 0 unspecified atom stereocenters. The predicted octanol–water partition coefficient (Wildman–Crippen LogP) is 4.56. The summed E-state index contributed by atoms with van der Waals surface area (Å²) in [6.07, 6.45) is -11.8. The third-order valence-electron chi connectivity index (χ3n) is 2.54. The average molecular weight is 261 g/mol. The van der Waals surface area contributed by atoms with Crippen molar-refractivity contribution in [3.05, 3.63) is 23.3 Å². The number of unbranched alkanes of at least 4 members (excludes halogenated alkanes) is 2. The summed E-state index contributed by atoms with van der Waals surface area (Å²) in [5, 5.41) is 20.5. The first-order chi connectivity index (χ1) is 12.9. The Morgan fingerprint density at radius 3 is 2.50 bits per heavy atom. The van der Waals surface area contributed by atoms with Gasteiger partial charge in [0.15, 0.2) is 0 Å². The molecule has 0 saturated carbocycles. The molecular formula is C16H26O2. The minimum Gasteiger partial charge on any atom is -0.508 e. The molecule has 18 heavy (non-hydrogen) atoms. The topological polar surface area (TPSA) is 40.5 Å². The maximum atomic E-state index is 10.3. The van der Waals surface area contributed by atoms with Crippen LogP contribution in [0.5, 0.6) is 11.5 Å². The lowest BCUT2D eigenvalue weighted by atomic mass is 10.00. The first kappa shape index (κ1) is 5.44. The zero-order chi connectivity index (χ0) is 23.1. The summed E-state index contributed by atoms with van der Waals surface area (Å²) < 4.78 is 84.7. The molecule has 0 aromatic heterocycles. The van der Waals surface area contributed by atoms with Crippen LogP contribution in [-0.2, 0) is 12.8 Å². The van der Waals surface area contributed by atoms with E-state index in [4.69, 9.17) is 15.1 Å². The second-order valence-corrected chi connectivity index (χ2v) is 3.97. The number of hydrogen-bond donors (Lipinski definition) is 2. The van der Waals surface area contributed by atoms with Gasteiger partial charge in [-0.1, -0.05) is 39.4 Å². The molecule has 2 heteroatoms. The van der Waals surface area contributed by atoms with E-state index in [1.54, 1.807) is 0 Å². The molecule has 0 amide bonds. The van der Waals surface area contributed by atoms with Gasteiger partial charge in [0.1, 0.15) is 11.5 Å².